The molecule has 0 atom stereocenters. The largest absolute Gasteiger partial charge is 0.481 e. The Morgan fingerprint density at radius 3 is 2.55 bits per heavy atom. The summed E-state index contributed by atoms with van der Waals surface area (Å²) in [6, 6.07) is 3.66. The van der Waals surface area contributed by atoms with Crippen molar-refractivity contribution in [2.24, 2.45) is 0 Å². The van der Waals surface area contributed by atoms with Crippen molar-refractivity contribution in [2.45, 2.75) is 12.8 Å². The number of hydrogen-bond acceptors (Lipinski definition) is 4. The molecule has 1 aromatic rings. The lowest BCUT2D eigenvalue weighted by Crippen LogP contribution is -2.25. The zero-order chi connectivity index (χ0) is 16.5. The van der Waals surface area contributed by atoms with E-state index in [2.05, 4.69) is 5.32 Å². The first-order valence-corrected chi connectivity index (χ1v) is 9.10. The van der Waals surface area contributed by atoms with Crippen molar-refractivity contribution in [2.75, 3.05) is 18.1 Å². The van der Waals surface area contributed by atoms with Crippen LogP contribution in [0.3, 0.4) is 0 Å². The molecule has 4 nitrogen and oxygen atoms in total. The minimum Gasteiger partial charge on any atom is -0.481 e. The van der Waals surface area contributed by atoms with Gasteiger partial charge in [-0.3, -0.25) is 9.59 Å². The Hall–Kier alpha value is -0.990. The second-order valence-electron chi connectivity index (χ2n) is 4.08. The van der Waals surface area contributed by atoms with Crippen LogP contribution < -0.4 is 5.32 Å². The SMILES string of the molecule is O=C(O)CCSSCCNC(=O)c1ccc(C(F)F)c(Cl)c1. The Balaban J connectivity index is 2.31. The maximum Gasteiger partial charge on any atom is 0.304 e. The topological polar surface area (TPSA) is 66.4 Å². The predicted molar refractivity (Wildman–Crippen MR) is 85.9 cm³/mol. The van der Waals surface area contributed by atoms with Crippen LogP contribution in [0.25, 0.3) is 0 Å². The predicted octanol–water partition coefficient (Wildman–Crippen LogP) is 3.86. The van der Waals surface area contributed by atoms with Gasteiger partial charge in [0.2, 0.25) is 0 Å². The van der Waals surface area contributed by atoms with Crippen molar-refractivity contribution in [1.82, 2.24) is 5.32 Å². The number of benzene rings is 1. The molecule has 1 amide bonds. The van der Waals surface area contributed by atoms with Crippen LogP contribution >= 0.6 is 33.2 Å². The van der Waals surface area contributed by atoms with E-state index >= 15 is 0 Å². The van der Waals surface area contributed by atoms with E-state index in [0.29, 0.717) is 18.1 Å². The van der Waals surface area contributed by atoms with Crippen LogP contribution in [-0.4, -0.2) is 35.0 Å². The number of nitrogens with one attached hydrogen (secondary N) is 1. The molecule has 0 bridgehead atoms. The molecule has 2 N–H and O–H groups in total. The molecular formula is C13H14ClF2NO3S2. The molecule has 0 radical (unpaired) electrons. The molecule has 0 fully saturated rings. The van der Waals surface area contributed by atoms with E-state index in [-0.39, 0.29) is 28.5 Å². The summed E-state index contributed by atoms with van der Waals surface area (Å²) in [6.07, 6.45) is -2.58. The highest BCUT2D eigenvalue weighted by atomic mass is 35.5. The number of carbonyl (C=O) groups is 2. The fourth-order valence-corrected chi connectivity index (χ4v) is 3.55. The molecule has 1 rings (SSSR count). The molecule has 0 saturated heterocycles. The summed E-state index contributed by atoms with van der Waals surface area (Å²) in [5, 5.41) is 11.0. The third kappa shape index (κ3) is 6.85. The van der Waals surface area contributed by atoms with Crippen molar-refractivity contribution in [3.8, 4) is 0 Å². The van der Waals surface area contributed by atoms with Gasteiger partial charge in [-0.15, -0.1) is 0 Å². The molecule has 0 unspecified atom stereocenters. The molecule has 1 aromatic carbocycles. The summed E-state index contributed by atoms with van der Waals surface area (Å²) in [5.41, 5.74) is -0.0819. The summed E-state index contributed by atoms with van der Waals surface area (Å²) < 4.78 is 25.1. The van der Waals surface area contributed by atoms with Crippen LogP contribution in [0.1, 0.15) is 28.8 Å². The third-order valence-electron chi connectivity index (χ3n) is 2.45. The molecule has 0 heterocycles. The van der Waals surface area contributed by atoms with Crippen molar-refractivity contribution in [3.63, 3.8) is 0 Å². The lowest BCUT2D eigenvalue weighted by atomic mass is 10.1. The number of carboxylic acid groups (broad SMARTS) is 1. The number of carbonyl (C=O) groups excluding carboxylic acids is 1. The van der Waals surface area contributed by atoms with Gasteiger partial charge in [-0.25, -0.2) is 8.78 Å². The first-order chi connectivity index (χ1) is 10.4. The molecule has 9 heteroatoms. The Bertz CT molecular complexity index is 532. The number of amides is 1. The van der Waals surface area contributed by atoms with E-state index in [9.17, 15) is 18.4 Å². The molecule has 122 valence electrons. The number of halogens is 3. The number of rotatable bonds is 9. The summed E-state index contributed by atoms with van der Waals surface area (Å²) in [5.74, 6) is -0.123. The molecule has 22 heavy (non-hydrogen) atoms. The molecule has 0 spiro atoms. The second kappa shape index (κ2) is 9.91. The standard InChI is InChI=1S/C13H14ClF2NO3S2/c14-10-7-8(1-2-9(10)12(15)16)13(20)17-4-6-22-21-5-3-11(18)19/h1-2,7,12H,3-6H2,(H,17,20)(H,18,19). The quantitative estimate of drug-likeness (QED) is 0.511. The van der Waals surface area contributed by atoms with Crippen molar-refractivity contribution in [3.05, 3.63) is 34.3 Å². The Morgan fingerprint density at radius 2 is 1.95 bits per heavy atom. The van der Waals surface area contributed by atoms with Crippen LogP contribution in [0.2, 0.25) is 5.02 Å². The van der Waals surface area contributed by atoms with Crippen LogP contribution in [0.4, 0.5) is 8.78 Å². The molecule has 0 aliphatic rings. The number of hydrogen-bond donors (Lipinski definition) is 2. The summed E-state index contributed by atoms with van der Waals surface area (Å²) in [6.45, 7) is 0.387. The van der Waals surface area contributed by atoms with E-state index < -0.39 is 12.4 Å². The monoisotopic (exact) mass is 369 g/mol. The molecule has 0 aliphatic heterocycles. The van der Waals surface area contributed by atoms with Gasteiger partial charge >= 0.3 is 5.97 Å². The van der Waals surface area contributed by atoms with Gasteiger partial charge in [-0.1, -0.05) is 39.3 Å². The average molecular weight is 370 g/mol. The normalized spacial score (nSPS) is 10.7. The zero-order valence-corrected chi connectivity index (χ0v) is 13.7. The molecule has 0 aromatic heterocycles. The van der Waals surface area contributed by atoms with Gasteiger partial charge in [0.05, 0.1) is 11.4 Å². The molecule has 0 saturated carbocycles. The van der Waals surface area contributed by atoms with E-state index in [4.69, 9.17) is 16.7 Å². The Kier molecular flexibility index (Phi) is 8.59. The average Bonchev–Trinajstić information content (AvgIpc) is 2.45. The number of aliphatic carboxylic acids is 1. The lowest BCUT2D eigenvalue weighted by Gasteiger charge is -2.07. The summed E-state index contributed by atoms with van der Waals surface area (Å²) in [4.78, 5) is 22.1. The zero-order valence-electron chi connectivity index (χ0n) is 11.4. The summed E-state index contributed by atoms with van der Waals surface area (Å²) >= 11 is 5.70. The maximum atomic E-state index is 12.5. The van der Waals surface area contributed by atoms with Gasteiger partial charge in [-0.05, 0) is 12.1 Å². The molecular weight excluding hydrogens is 356 g/mol. The second-order valence-corrected chi connectivity index (χ2v) is 7.19. The highest BCUT2D eigenvalue weighted by Crippen LogP contribution is 2.27. The van der Waals surface area contributed by atoms with Crippen LogP contribution in [0.15, 0.2) is 18.2 Å². The van der Waals surface area contributed by atoms with E-state index in [0.717, 1.165) is 6.07 Å². The van der Waals surface area contributed by atoms with Crippen LogP contribution in [0, 0.1) is 0 Å². The number of carboxylic acids is 1. The minimum atomic E-state index is -2.68. The van der Waals surface area contributed by atoms with Crippen LogP contribution in [-0.2, 0) is 4.79 Å². The fourth-order valence-electron chi connectivity index (χ4n) is 1.40. The smallest absolute Gasteiger partial charge is 0.304 e. The number of alkyl halides is 2. The molecule has 0 aliphatic carbocycles. The first kappa shape index (κ1) is 19.1. The highest BCUT2D eigenvalue weighted by molar-refractivity contribution is 8.76. The first-order valence-electron chi connectivity index (χ1n) is 6.24. The van der Waals surface area contributed by atoms with E-state index in [1.165, 1.54) is 33.7 Å². The van der Waals surface area contributed by atoms with Gasteiger partial charge < -0.3 is 10.4 Å². The lowest BCUT2D eigenvalue weighted by molar-refractivity contribution is -0.136. The van der Waals surface area contributed by atoms with Crippen molar-refractivity contribution < 1.29 is 23.5 Å². The van der Waals surface area contributed by atoms with Crippen LogP contribution in [0.5, 0.6) is 0 Å². The van der Waals surface area contributed by atoms with Gasteiger partial charge in [0.15, 0.2) is 0 Å². The minimum absolute atomic E-state index is 0.0962. The van der Waals surface area contributed by atoms with Gasteiger partial charge in [0.25, 0.3) is 12.3 Å². The van der Waals surface area contributed by atoms with Crippen molar-refractivity contribution in [1.29, 1.82) is 0 Å². The third-order valence-corrected chi connectivity index (χ3v) is 5.19. The van der Waals surface area contributed by atoms with Gasteiger partial charge in [0, 0.05) is 29.2 Å². The van der Waals surface area contributed by atoms with Crippen molar-refractivity contribution >= 4 is 45.1 Å². The van der Waals surface area contributed by atoms with E-state index in [1.54, 1.807) is 0 Å². The van der Waals surface area contributed by atoms with E-state index in [1.807, 2.05) is 0 Å². The van der Waals surface area contributed by atoms with Gasteiger partial charge in [0.1, 0.15) is 0 Å². The summed E-state index contributed by atoms with van der Waals surface area (Å²) in [7, 11) is 2.87. The highest BCUT2D eigenvalue weighted by Gasteiger charge is 2.14. The Morgan fingerprint density at radius 1 is 1.27 bits per heavy atom. The Labute approximate surface area is 139 Å². The maximum absolute atomic E-state index is 12.5. The fraction of sp³-hybridized carbons (Fsp3) is 0.385. The van der Waals surface area contributed by atoms with Gasteiger partial charge in [-0.2, -0.15) is 0 Å².